The Balaban J connectivity index is 1.66. The molecule has 26 heavy (non-hydrogen) atoms. The fraction of sp³-hybridized carbons (Fsp3) is 0.789. The summed E-state index contributed by atoms with van der Waals surface area (Å²) < 4.78 is 7.14. The number of ether oxygens (including phenoxy) is 1. The number of carbonyl (C=O) groups is 1. The summed E-state index contributed by atoms with van der Waals surface area (Å²) in [4.78, 5) is 17.6. The molecule has 0 N–H and O–H groups in total. The third kappa shape index (κ3) is 5.44. The van der Waals surface area contributed by atoms with Crippen LogP contribution in [0.5, 0.6) is 0 Å². The van der Waals surface area contributed by atoms with Gasteiger partial charge in [-0.25, -0.2) is 0 Å². The van der Waals surface area contributed by atoms with Crippen molar-refractivity contribution >= 4 is 17.5 Å². The Morgan fingerprint density at radius 3 is 2.58 bits per heavy atom. The monoisotopic (exact) mass is 382 g/mol. The molecule has 0 spiro atoms. The Kier molecular flexibility index (Phi) is 7.34. The van der Waals surface area contributed by atoms with Crippen molar-refractivity contribution in [2.45, 2.75) is 45.1 Å². The molecule has 0 aromatic carbocycles. The largest absolute Gasteiger partial charge is 0.379 e. The molecule has 0 unspecified atom stereocenters. The molecule has 3 rings (SSSR count). The van der Waals surface area contributed by atoms with Gasteiger partial charge in [0.25, 0.3) is 0 Å². The van der Waals surface area contributed by atoms with Crippen LogP contribution in [-0.2, 0) is 23.1 Å². The molecule has 1 saturated heterocycles. The summed E-state index contributed by atoms with van der Waals surface area (Å²) in [5.41, 5.74) is 0.790. The molecule has 0 atom stereocenters. The van der Waals surface area contributed by atoms with Gasteiger partial charge in [-0.1, -0.05) is 37.3 Å². The first-order valence-electron chi connectivity index (χ1n) is 9.90. The molecule has 146 valence electrons. The van der Waals surface area contributed by atoms with Crippen molar-refractivity contribution in [2.75, 3.05) is 39.4 Å². The minimum absolute atomic E-state index is 0.157. The number of morpholine rings is 1. The molecule has 1 aromatic rings. The van der Waals surface area contributed by atoms with Crippen molar-refractivity contribution in [1.82, 2.24) is 19.6 Å². The van der Waals surface area contributed by atoms with Crippen LogP contribution in [-0.4, -0.2) is 64.9 Å². The number of hydrogen-bond donors (Lipinski definition) is 0. The van der Waals surface area contributed by atoms with E-state index in [-0.39, 0.29) is 11.8 Å². The van der Waals surface area contributed by atoms with E-state index in [0.29, 0.717) is 11.6 Å². The second-order valence-electron chi connectivity index (χ2n) is 7.50. The number of rotatable bonds is 6. The van der Waals surface area contributed by atoms with Crippen LogP contribution in [0.1, 0.15) is 44.2 Å². The van der Waals surface area contributed by atoms with E-state index in [0.717, 1.165) is 70.8 Å². The van der Waals surface area contributed by atoms with Gasteiger partial charge in [0.15, 0.2) is 0 Å². The predicted molar refractivity (Wildman–Crippen MR) is 102 cm³/mol. The summed E-state index contributed by atoms with van der Waals surface area (Å²) >= 11 is 6.31. The number of aryl methyl sites for hydroxylation is 1. The zero-order chi connectivity index (χ0) is 18.4. The van der Waals surface area contributed by atoms with Crippen molar-refractivity contribution in [2.24, 2.45) is 13.0 Å². The van der Waals surface area contributed by atoms with E-state index in [9.17, 15) is 4.79 Å². The van der Waals surface area contributed by atoms with Gasteiger partial charge in [-0.15, -0.1) is 0 Å². The molecule has 1 aliphatic heterocycles. The first kappa shape index (κ1) is 19.6. The summed E-state index contributed by atoms with van der Waals surface area (Å²) in [5, 5.41) is 5.08. The maximum Gasteiger partial charge on any atom is 0.226 e. The minimum atomic E-state index is 0.157. The molecule has 1 aliphatic carbocycles. The summed E-state index contributed by atoms with van der Waals surface area (Å²) in [6, 6.07) is 0. The molecule has 1 amide bonds. The lowest BCUT2D eigenvalue weighted by molar-refractivity contribution is -0.137. The number of amides is 1. The van der Waals surface area contributed by atoms with Crippen LogP contribution in [0.3, 0.4) is 0 Å². The Morgan fingerprint density at radius 2 is 1.96 bits per heavy atom. The lowest BCUT2D eigenvalue weighted by Crippen LogP contribution is -2.44. The summed E-state index contributed by atoms with van der Waals surface area (Å²) in [6.45, 7) is 5.55. The Hall–Kier alpha value is -1.11. The smallest absolute Gasteiger partial charge is 0.226 e. The van der Waals surface area contributed by atoms with Gasteiger partial charge in [-0.05, 0) is 12.8 Å². The topological polar surface area (TPSA) is 50.6 Å². The van der Waals surface area contributed by atoms with Crippen LogP contribution in [0.4, 0.5) is 0 Å². The summed E-state index contributed by atoms with van der Waals surface area (Å²) in [6.07, 6.45) is 8.67. The standard InChI is InChI=1S/C19H31ClN4O2/c1-22-14-17(20)18(21-22)15-24(9-8-23-10-12-26-13-11-23)19(25)16-6-4-2-3-5-7-16/h14,16H,2-13,15H2,1H3. The van der Waals surface area contributed by atoms with Crippen LogP contribution >= 0.6 is 11.6 Å². The van der Waals surface area contributed by atoms with E-state index < -0.39 is 0 Å². The fourth-order valence-electron chi connectivity index (χ4n) is 3.93. The molecule has 0 bridgehead atoms. The first-order valence-corrected chi connectivity index (χ1v) is 10.3. The molecular weight excluding hydrogens is 352 g/mol. The Morgan fingerprint density at radius 1 is 1.27 bits per heavy atom. The number of hydrogen-bond acceptors (Lipinski definition) is 4. The summed E-state index contributed by atoms with van der Waals surface area (Å²) in [5.74, 6) is 0.437. The highest BCUT2D eigenvalue weighted by atomic mass is 35.5. The molecular formula is C19H31ClN4O2. The van der Waals surface area contributed by atoms with Crippen molar-refractivity contribution < 1.29 is 9.53 Å². The van der Waals surface area contributed by atoms with Crippen LogP contribution in [0.25, 0.3) is 0 Å². The number of halogens is 1. The van der Waals surface area contributed by atoms with Gasteiger partial charge >= 0.3 is 0 Å². The minimum Gasteiger partial charge on any atom is -0.379 e. The molecule has 2 aliphatic rings. The highest BCUT2D eigenvalue weighted by molar-refractivity contribution is 6.31. The molecule has 0 radical (unpaired) electrons. The van der Waals surface area contributed by atoms with E-state index in [1.54, 1.807) is 10.9 Å². The fourth-order valence-corrected chi connectivity index (χ4v) is 4.17. The van der Waals surface area contributed by atoms with Crippen molar-refractivity contribution in [3.8, 4) is 0 Å². The quantitative estimate of drug-likeness (QED) is 0.710. The van der Waals surface area contributed by atoms with Crippen LogP contribution in [0, 0.1) is 5.92 Å². The molecule has 1 aromatic heterocycles. The second kappa shape index (κ2) is 9.72. The highest BCUT2D eigenvalue weighted by Crippen LogP contribution is 2.26. The number of nitrogens with zero attached hydrogens (tertiary/aromatic N) is 4. The normalized spacial score (nSPS) is 20.1. The average Bonchev–Trinajstić information content (AvgIpc) is 2.83. The molecule has 2 fully saturated rings. The zero-order valence-electron chi connectivity index (χ0n) is 15.8. The summed E-state index contributed by atoms with van der Waals surface area (Å²) in [7, 11) is 1.86. The van der Waals surface area contributed by atoms with Gasteiger partial charge in [-0.3, -0.25) is 14.4 Å². The van der Waals surface area contributed by atoms with Gasteiger partial charge in [0.1, 0.15) is 5.69 Å². The van der Waals surface area contributed by atoms with Gasteiger partial charge in [0, 0.05) is 45.3 Å². The predicted octanol–water partition coefficient (Wildman–Crippen LogP) is 2.70. The van der Waals surface area contributed by atoms with E-state index >= 15 is 0 Å². The first-order chi connectivity index (χ1) is 12.6. The average molecular weight is 383 g/mol. The molecule has 6 nitrogen and oxygen atoms in total. The Labute approximate surface area is 161 Å². The van der Waals surface area contributed by atoms with Crippen LogP contribution in [0.2, 0.25) is 5.02 Å². The maximum absolute atomic E-state index is 13.3. The van der Waals surface area contributed by atoms with E-state index in [1.165, 1.54) is 12.8 Å². The van der Waals surface area contributed by atoms with Crippen molar-refractivity contribution in [3.05, 3.63) is 16.9 Å². The van der Waals surface area contributed by atoms with E-state index in [4.69, 9.17) is 16.3 Å². The lowest BCUT2D eigenvalue weighted by Gasteiger charge is -2.31. The van der Waals surface area contributed by atoms with Gasteiger partial charge in [0.2, 0.25) is 5.91 Å². The molecule has 7 heteroatoms. The SMILES string of the molecule is Cn1cc(Cl)c(CN(CCN2CCOCC2)C(=O)C2CCCCCC2)n1. The second-order valence-corrected chi connectivity index (χ2v) is 7.91. The highest BCUT2D eigenvalue weighted by Gasteiger charge is 2.27. The third-order valence-corrected chi connectivity index (χ3v) is 5.82. The number of aromatic nitrogens is 2. The molecule has 1 saturated carbocycles. The van der Waals surface area contributed by atoms with Gasteiger partial charge in [0.05, 0.1) is 24.8 Å². The zero-order valence-corrected chi connectivity index (χ0v) is 16.6. The maximum atomic E-state index is 13.3. The lowest BCUT2D eigenvalue weighted by atomic mass is 9.98. The van der Waals surface area contributed by atoms with Crippen molar-refractivity contribution in [1.29, 1.82) is 0 Å². The van der Waals surface area contributed by atoms with E-state index in [2.05, 4.69) is 10.00 Å². The third-order valence-electron chi connectivity index (χ3n) is 5.50. The number of carbonyl (C=O) groups excluding carboxylic acids is 1. The molecule has 2 heterocycles. The van der Waals surface area contributed by atoms with Crippen LogP contribution in [0.15, 0.2) is 6.20 Å². The van der Waals surface area contributed by atoms with Gasteiger partial charge in [-0.2, -0.15) is 5.10 Å². The van der Waals surface area contributed by atoms with Crippen molar-refractivity contribution in [3.63, 3.8) is 0 Å². The Bertz CT molecular complexity index is 578. The van der Waals surface area contributed by atoms with Gasteiger partial charge < -0.3 is 9.64 Å². The van der Waals surface area contributed by atoms with Crippen LogP contribution < -0.4 is 0 Å². The van der Waals surface area contributed by atoms with E-state index in [1.807, 2.05) is 11.9 Å².